The first-order valence-electron chi connectivity index (χ1n) is 11.5. The molecule has 4 aliphatic carbocycles. The number of benzene rings is 2. The quantitative estimate of drug-likeness (QED) is 0.646. The molecule has 6 rings (SSSR count). The van der Waals surface area contributed by atoms with Gasteiger partial charge in [0.2, 0.25) is 5.91 Å². The van der Waals surface area contributed by atoms with Gasteiger partial charge in [0.15, 0.2) is 11.5 Å². The Balaban J connectivity index is 1.43. The van der Waals surface area contributed by atoms with Gasteiger partial charge in [-0.25, -0.2) is 0 Å². The number of nitrogens with zero attached hydrogens (tertiary/aromatic N) is 1. The van der Waals surface area contributed by atoms with Crippen molar-refractivity contribution in [2.24, 2.45) is 17.3 Å². The minimum Gasteiger partial charge on any atom is -0.493 e. The van der Waals surface area contributed by atoms with Gasteiger partial charge < -0.3 is 14.4 Å². The fourth-order valence-corrected chi connectivity index (χ4v) is 7.45. The Hall–Kier alpha value is -2.49. The molecule has 4 heteroatoms. The van der Waals surface area contributed by atoms with Gasteiger partial charge in [-0.05, 0) is 67.4 Å². The van der Waals surface area contributed by atoms with Crippen molar-refractivity contribution < 1.29 is 14.3 Å². The van der Waals surface area contributed by atoms with Crippen molar-refractivity contribution in [2.75, 3.05) is 21.3 Å². The maximum Gasteiger partial charge on any atom is 0.228 e. The molecular weight excluding hydrogens is 386 g/mol. The van der Waals surface area contributed by atoms with Crippen molar-refractivity contribution in [2.45, 2.75) is 50.5 Å². The highest BCUT2D eigenvalue weighted by Gasteiger charge is 2.61. The molecule has 2 aromatic rings. The van der Waals surface area contributed by atoms with E-state index in [1.54, 1.807) is 14.2 Å². The molecule has 31 heavy (non-hydrogen) atoms. The lowest BCUT2D eigenvalue weighted by Crippen LogP contribution is -2.59. The predicted octanol–water partition coefficient (Wildman–Crippen LogP) is 5.20. The number of carbonyl (C=O) groups is 1. The van der Waals surface area contributed by atoms with E-state index in [0.29, 0.717) is 30.0 Å². The van der Waals surface area contributed by atoms with Gasteiger partial charge in [-0.15, -0.1) is 0 Å². The zero-order valence-electron chi connectivity index (χ0n) is 18.9. The van der Waals surface area contributed by atoms with Crippen molar-refractivity contribution >= 4 is 5.91 Å². The minimum absolute atomic E-state index is 0.176. The van der Waals surface area contributed by atoms with E-state index in [2.05, 4.69) is 30.3 Å². The average molecular weight is 420 g/mol. The van der Waals surface area contributed by atoms with E-state index in [4.69, 9.17) is 9.47 Å². The molecule has 2 aromatic carbocycles. The molecule has 0 aliphatic heterocycles. The van der Waals surface area contributed by atoms with Crippen LogP contribution >= 0.6 is 0 Å². The number of hydrogen-bond acceptors (Lipinski definition) is 3. The molecule has 0 radical (unpaired) electrons. The molecule has 1 amide bonds. The Morgan fingerprint density at radius 1 is 0.968 bits per heavy atom. The summed E-state index contributed by atoms with van der Waals surface area (Å²) in [6.07, 6.45) is 6.89. The number of ether oxygens (including phenoxy) is 2. The number of para-hydroxylation sites is 1. The summed E-state index contributed by atoms with van der Waals surface area (Å²) in [4.78, 5) is 15.9. The second-order valence-corrected chi connectivity index (χ2v) is 10.2. The highest BCUT2D eigenvalue weighted by atomic mass is 16.5. The Bertz CT molecular complexity index is 956. The third kappa shape index (κ3) is 3.31. The summed E-state index contributed by atoms with van der Waals surface area (Å²) in [5, 5.41) is 0. The van der Waals surface area contributed by atoms with Crippen LogP contribution in [0.25, 0.3) is 0 Å². The van der Waals surface area contributed by atoms with Gasteiger partial charge in [0.1, 0.15) is 0 Å². The van der Waals surface area contributed by atoms with Crippen molar-refractivity contribution in [3.05, 3.63) is 59.7 Å². The zero-order valence-corrected chi connectivity index (χ0v) is 18.9. The largest absolute Gasteiger partial charge is 0.493 e. The standard InChI is InChI=1S/C27H33NO3/c1-28(17-21-8-7-11-23(30-2)24(21)31-3)25(29)27-15-19-12-20(16-27)14-26(13-19,18-27)22-9-5-4-6-10-22/h4-11,19-20H,12-18H2,1-3H3/t19-,20-,26?,27?/m0/s1. The maximum atomic E-state index is 14.0. The fourth-order valence-electron chi connectivity index (χ4n) is 7.45. The minimum atomic E-state index is -0.221. The van der Waals surface area contributed by atoms with Gasteiger partial charge in [0, 0.05) is 19.2 Å². The first-order chi connectivity index (χ1) is 15.0. The number of carbonyl (C=O) groups excluding carboxylic acids is 1. The van der Waals surface area contributed by atoms with Crippen LogP contribution in [0.5, 0.6) is 11.5 Å². The molecule has 0 unspecified atom stereocenters. The molecule has 4 nitrogen and oxygen atoms in total. The molecule has 0 aromatic heterocycles. The van der Waals surface area contributed by atoms with E-state index < -0.39 is 0 Å². The monoisotopic (exact) mass is 419 g/mol. The average Bonchev–Trinajstić information content (AvgIpc) is 2.78. The van der Waals surface area contributed by atoms with Crippen molar-refractivity contribution in [1.29, 1.82) is 0 Å². The third-order valence-electron chi connectivity index (χ3n) is 8.14. The second kappa shape index (κ2) is 7.58. The Labute approximate surface area is 185 Å². The number of amides is 1. The van der Waals surface area contributed by atoms with Crippen LogP contribution in [0.15, 0.2) is 48.5 Å². The van der Waals surface area contributed by atoms with E-state index in [-0.39, 0.29) is 10.8 Å². The molecule has 4 aliphatic rings. The van der Waals surface area contributed by atoms with Crippen LogP contribution in [0.3, 0.4) is 0 Å². The topological polar surface area (TPSA) is 38.8 Å². The van der Waals surface area contributed by atoms with Gasteiger partial charge in [-0.3, -0.25) is 4.79 Å². The highest BCUT2D eigenvalue weighted by molar-refractivity contribution is 5.83. The lowest BCUT2D eigenvalue weighted by Gasteiger charge is -2.62. The molecule has 2 atom stereocenters. The highest BCUT2D eigenvalue weighted by Crippen LogP contribution is 2.66. The molecule has 0 heterocycles. The number of hydrogen-bond donors (Lipinski definition) is 0. The van der Waals surface area contributed by atoms with Gasteiger partial charge >= 0.3 is 0 Å². The third-order valence-corrected chi connectivity index (χ3v) is 8.14. The number of rotatable bonds is 6. The molecule has 164 valence electrons. The summed E-state index contributed by atoms with van der Waals surface area (Å²) in [6.45, 7) is 0.536. The van der Waals surface area contributed by atoms with Crippen molar-refractivity contribution in [1.82, 2.24) is 4.90 Å². The fraction of sp³-hybridized carbons (Fsp3) is 0.519. The lowest BCUT2D eigenvalue weighted by atomic mass is 9.42. The summed E-state index contributed by atoms with van der Waals surface area (Å²) < 4.78 is 11.1. The smallest absolute Gasteiger partial charge is 0.228 e. The first-order valence-corrected chi connectivity index (χ1v) is 11.5. The van der Waals surface area contributed by atoms with Crippen LogP contribution < -0.4 is 9.47 Å². The summed E-state index contributed by atoms with van der Waals surface area (Å²) in [7, 11) is 5.26. The lowest BCUT2D eigenvalue weighted by molar-refractivity contribution is -0.159. The maximum absolute atomic E-state index is 14.0. The normalized spacial score (nSPS) is 30.8. The van der Waals surface area contributed by atoms with Crippen LogP contribution in [0.2, 0.25) is 0 Å². The second-order valence-electron chi connectivity index (χ2n) is 10.2. The summed E-state index contributed by atoms with van der Waals surface area (Å²) in [6, 6.07) is 16.9. The Morgan fingerprint density at radius 2 is 1.68 bits per heavy atom. The molecular formula is C27H33NO3. The van der Waals surface area contributed by atoms with E-state index >= 15 is 0 Å². The van der Waals surface area contributed by atoms with Crippen LogP contribution in [0, 0.1) is 17.3 Å². The van der Waals surface area contributed by atoms with Crippen molar-refractivity contribution in [3.8, 4) is 11.5 Å². The van der Waals surface area contributed by atoms with E-state index in [9.17, 15) is 4.79 Å². The molecule has 0 spiro atoms. The van der Waals surface area contributed by atoms with Gasteiger partial charge in [0.25, 0.3) is 0 Å². The Morgan fingerprint density at radius 3 is 2.32 bits per heavy atom. The molecule has 4 bridgehead atoms. The predicted molar refractivity (Wildman–Crippen MR) is 121 cm³/mol. The van der Waals surface area contributed by atoms with Crippen LogP contribution in [0.1, 0.15) is 49.7 Å². The number of methoxy groups -OCH3 is 2. The summed E-state index contributed by atoms with van der Waals surface area (Å²) in [5.74, 6) is 3.08. The van der Waals surface area contributed by atoms with E-state index in [1.165, 1.54) is 24.8 Å². The van der Waals surface area contributed by atoms with Gasteiger partial charge in [-0.1, -0.05) is 42.5 Å². The molecule has 0 saturated heterocycles. The summed E-state index contributed by atoms with van der Waals surface area (Å²) in [5.41, 5.74) is 2.38. The van der Waals surface area contributed by atoms with Crippen LogP contribution in [-0.4, -0.2) is 32.1 Å². The SMILES string of the molecule is COc1cccc(CN(C)C(=O)C23C[C@H]4C[C@H](C2)CC(c2ccccc2)(C4)C3)c1OC. The van der Waals surface area contributed by atoms with Crippen LogP contribution in [0.4, 0.5) is 0 Å². The molecule has 0 N–H and O–H groups in total. The molecule has 4 saturated carbocycles. The van der Waals surface area contributed by atoms with Crippen LogP contribution in [-0.2, 0) is 16.8 Å². The zero-order chi connectivity index (χ0) is 21.6. The van der Waals surface area contributed by atoms with E-state index in [0.717, 1.165) is 30.6 Å². The van der Waals surface area contributed by atoms with Gasteiger partial charge in [0.05, 0.1) is 19.6 Å². The van der Waals surface area contributed by atoms with Crippen molar-refractivity contribution in [3.63, 3.8) is 0 Å². The first kappa shape index (κ1) is 20.4. The Kier molecular flexibility index (Phi) is 4.99. The summed E-state index contributed by atoms with van der Waals surface area (Å²) >= 11 is 0. The van der Waals surface area contributed by atoms with E-state index in [1.807, 2.05) is 30.1 Å². The molecule has 4 fully saturated rings. The van der Waals surface area contributed by atoms with Gasteiger partial charge in [-0.2, -0.15) is 0 Å².